The molecule has 8 heteroatoms. The number of aromatic nitrogens is 1. The summed E-state index contributed by atoms with van der Waals surface area (Å²) in [5.74, 6) is -0.592. The molecule has 1 saturated heterocycles. The fourth-order valence-electron chi connectivity index (χ4n) is 3.95. The van der Waals surface area contributed by atoms with Gasteiger partial charge in [-0.15, -0.1) is 0 Å². The van der Waals surface area contributed by atoms with Crippen LogP contribution in [0.2, 0.25) is 5.02 Å². The molecule has 2 heterocycles. The van der Waals surface area contributed by atoms with Gasteiger partial charge in [0.25, 0.3) is 0 Å². The molecule has 2 aromatic rings. The van der Waals surface area contributed by atoms with E-state index in [1.54, 1.807) is 4.57 Å². The lowest BCUT2D eigenvalue weighted by molar-refractivity contribution is -0.0435. The van der Waals surface area contributed by atoms with Gasteiger partial charge < -0.3 is 25.4 Å². The zero-order valence-electron chi connectivity index (χ0n) is 14.9. The Morgan fingerprint density at radius 2 is 2.00 bits per heavy atom. The standard InChI is InChI=1S/C19H23ClFN3O3/c20-15-16-12(18(25)13(19(26)27)9-24(16)11-4-5-11)7-14(21)17(15)23-6-2-1-3-10(22)8-23/h7,9-11,19,26-27H,1-6,8,22H2/t10-/m1/s1. The van der Waals surface area contributed by atoms with E-state index in [0.717, 1.165) is 32.1 Å². The first kappa shape index (κ1) is 18.7. The maximum Gasteiger partial charge on any atom is 0.197 e. The summed E-state index contributed by atoms with van der Waals surface area (Å²) in [6.45, 7) is 1.15. The van der Waals surface area contributed by atoms with Crippen LogP contribution < -0.4 is 16.1 Å². The highest BCUT2D eigenvalue weighted by Crippen LogP contribution is 2.42. The van der Waals surface area contributed by atoms with Crippen LogP contribution in [0.1, 0.15) is 50.0 Å². The summed E-state index contributed by atoms with van der Waals surface area (Å²) in [5.41, 5.74) is 6.05. The molecule has 0 amide bonds. The molecule has 4 rings (SSSR count). The molecule has 0 spiro atoms. The van der Waals surface area contributed by atoms with Crippen LogP contribution in [0.3, 0.4) is 0 Å². The van der Waals surface area contributed by atoms with Gasteiger partial charge in [-0.05, 0) is 31.7 Å². The van der Waals surface area contributed by atoms with E-state index < -0.39 is 17.5 Å². The second kappa shape index (κ2) is 7.05. The lowest BCUT2D eigenvalue weighted by atomic mass is 10.1. The number of anilines is 1. The third-order valence-corrected chi connectivity index (χ3v) is 5.81. The van der Waals surface area contributed by atoms with Crippen molar-refractivity contribution in [2.24, 2.45) is 5.73 Å². The Morgan fingerprint density at radius 1 is 1.26 bits per heavy atom. The highest BCUT2D eigenvalue weighted by atomic mass is 35.5. The summed E-state index contributed by atoms with van der Waals surface area (Å²) in [5, 5.41) is 19.3. The molecule has 1 aliphatic heterocycles. The SMILES string of the molecule is N[C@@H]1CCCCN(c2c(F)cc3c(=O)c(C(O)O)cn(C4CC4)c3c2Cl)C1. The maximum atomic E-state index is 15.0. The van der Waals surface area contributed by atoms with Crippen molar-refractivity contribution in [2.75, 3.05) is 18.0 Å². The van der Waals surface area contributed by atoms with Crippen LogP contribution in [0, 0.1) is 5.82 Å². The van der Waals surface area contributed by atoms with Gasteiger partial charge in [-0.25, -0.2) is 4.39 Å². The van der Waals surface area contributed by atoms with Crippen molar-refractivity contribution in [2.45, 2.75) is 50.5 Å². The molecule has 0 bridgehead atoms. The van der Waals surface area contributed by atoms with Crippen LogP contribution in [0.15, 0.2) is 17.1 Å². The number of benzene rings is 1. The smallest absolute Gasteiger partial charge is 0.197 e. The molecule has 2 fully saturated rings. The number of pyridine rings is 1. The van der Waals surface area contributed by atoms with Crippen molar-refractivity contribution in [3.05, 3.63) is 38.9 Å². The highest BCUT2D eigenvalue weighted by molar-refractivity contribution is 6.38. The van der Waals surface area contributed by atoms with E-state index in [1.807, 2.05) is 4.90 Å². The van der Waals surface area contributed by atoms with Gasteiger partial charge >= 0.3 is 0 Å². The lowest BCUT2D eigenvalue weighted by Crippen LogP contribution is -2.36. The summed E-state index contributed by atoms with van der Waals surface area (Å²) >= 11 is 6.65. The van der Waals surface area contributed by atoms with Gasteiger partial charge in [0.2, 0.25) is 0 Å². The van der Waals surface area contributed by atoms with Gasteiger partial charge in [0.1, 0.15) is 5.82 Å². The lowest BCUT2D eigenvalue weighted by Gasteiger charge is -2.27. The molecular formula is C19H23ClFN3O3. The van der Waals surface area contributed by atoms with Crippen molar-refractivity contribution >= 4 is 28.2 Å². The second-order valence-corrected chi connectivity index (χ2v) is 7.92. The first-order valence-electron chi connectivity index (χ1n) is 9.32. The summed E-state index contributed by atoms with van der Waals surface area (Å²) in [7, 11) is 0. The number of aliphatic hydroxyl groups excluding tert-OH is 1. The van der Waals surface area contributed by atoms with E-state index in [2.05, 4.69) is 0 Å². The molecule has 4 N–H and O–H groups in total. The van der Waals surface area contributed by atoms with Crippen molar-refractivity contribution in [1.29, 1.82) is 0 Å². The van der Waals surface area contributed by atoms with E-state index in [4.69, 9.17) is 17.3 Å². The molecule has 2 aliphatic rings. The van der Waals surface area contributed by atoms with Gasteiger partial charge in [-0.1, -0.05) is 18.0 Å². The molecule has 146 valence electrons. The predicted molar refractivity (Wildman–Crippen MR) is 103 cm³/mol. The fourth-order valence-corrected chi connectivity index (χ4v) is 4.35. The Bertz CT molecular complexity index is 942. The number of nitrogens with two attached hydrogens (primary N) is 1. The Morgan fingerprint density at radius 3 is 2.67 bits per heavy atom. The number of halogens is 2. The van der Waals surface area contributed by atoms with Crippen LogP contribution in [0.4, 0.5) is 10.1 Å². The molecule has 6 nitrogen and oxygen atoms in total. The minimum atomic E-state index is -1.92. The summed E-state index contributed by atoms with van der Waals surface area (Å²) in [6.07, 6.45) is 4.08. The Labute approximate surface area is 160 Å². The van der Waals surface area contributed by atoms with Crippen LogP contribution in [-0.2, 0) is 0 Å². The topological polar surface area (TPSA) is 91.7 Å². The average molecular weight is 396 g/mol. The van der Waals surface area contributed by atoms with Crippen molar-refractivity contribution in [1.82, 2.24) is 4.57 Å². The van der Waals surface area contributed by atoms with Gasteiger partial charge in [0, 0.05) is 31.4 Å². The van der Waals surface area contributed by atoms with E-state index in [-0.39, 0.29) is 33.7 Å². The molecule has 1 aromatic heterocycles. The Kier molecular flexibility index (Phi) is 4.88. The third-order valence-electron chi connectivity index (χ3n) is 5.45. The summed E-state index contributed by atoms with van der Waals surface area (Å²) in [6, 6.07) is 1.23. The zero-order valence-corrected chi connectivity index (χ0v) is 15.6. The van der Waals surface area contributed by atoms with Gasteiger partial charge in [0.15, 0.2) is 11.7 Å². The Hall–Kier alpha value is -1.67. The molecule has 0 unspecified atom stereocenters. The average Bonchev–Trinajstić information content (AvgIpc) is 3.44. The molecule has 0 radical (unpaired) electrons. The number of hydrogen-bond acceptors (Lipinski definition) is 5. The van der Waals surface area contributed by atoms with Crippen LogP contribution >= 0.6 is 11.6 Å². The number of hydrogen-bond donors (Lipinski definition) is 3. The number of rotatable bonds is 3. The van der Waals surface area contributed by atoms with Gasteiger partial charge in [0.05, 0.1) is 27.2 Å². The third kappa shape index (κ3) is 3.33. The van der Waals surface area contributed by atoms with Crippen LogP contribution in [0.5, 0.6) is 0 Å². The van der Waals surface area contributed by atoms with Gasteiger partial charge in [-0.2, -0.15) is 0 Å². The minimum absolute atomic E-state index is 0.0591. The zero-order chi connectivity index (χ0) is 19.3. The molecule has 27 heavy (non-hydrogen) atoms. The molecule has 1 atom stereocenters. The quantitative estimate of drug-likeness (QED) is 0.694. The largest absolute Gasteiger partial charge is 0.366 e. The van der Waals surface area contributed by atoms with Crippen LogP contribution in [0.25, 0.3) is 10.9 Å². The number of fused-ring (bicyclic) bond motifs is 1. The fraction of sp³-hybridized carbons (Fsp3) is 0.526. The van der Waals surface area contributed by atoms with E-state index in [0.29, 0.717) is 18.6 Å². The first-order chi connectivity index (χ1) is 12.9. The summed E-state index contributed by atoms with van der Waals surface area (Å²) < 4.78 is 16.8. The van der Waals surface area contributed by atoms with E-state index >= 15 is 4.39 Å². The molecule has 1 saturated carbocycles. The van der Waals surface area contributed by atoms with Crippen molar-refractivity contribution in [3.63, 3.8) is 0 Å². The van der Waals surface area contributed by atoms with Crippen LogP contribution in [-0.4, -0.2) is 33.9 Å². The predicted octanol–water partition coefficient (Wildman–Crippen LogP) is 2.43. The van der Waals surface area contributed by atoms with Crippen molar-refractivity contribution < 1.29 is 14.6 Å². The molecule has 1 aliphatic carbocycles. The minimum Gasteiger partial charge on any atom is -0.366 e. The van der Waals surface area contributed by atoms with E-state index in [9.17, 15) is 15.0 Å². The van der Waals surface area contributed by atoms with E-state index in [1.165, 1.54) is 12.3 Å². The molecular weight excluding hydrogens is 373 g/mol. The second-order valence-electron chi connectivity index (χ2n) is 7.54. The maximum absolute atomic E-state index is 15.0. The Balaban J connectivity index is 1.96. The van der Waals surface area contributed by atoms with Crippen molar-refractivity contribution in [3.8, 4) is 0 Å². The highest BCUT2D eigenvalue weighted by Gasteiger charge is 2.30. The summed E-state index contributed by atoms with van der Waals surface area (Å²) in [4.78, 5) is 14.5. The number of nitrogens with zero attached hydrogens (tertiary/aromatic N) is 2. The number of aliphatic hydroxyl groups is 2. The first-order valence-corrected chi connectivity index (χ1v) is 9.69. The normalized spacial score (nSPS) is 21.1. The monoisotopic (exact) mass is 395 g/mol. The molecule has 1 aromatic carbocycles. The van der Waals surface area contributed by atoms with Gasteiger partial charge in [-0.3, -0.25) is 4.79 Å².